The van der Waals surface area contributed by atoms with Crippen molar-refractivity contribution in [2.45, 2.75) is 58.8 Å². The van der Waals surface area contributed by atoms with Crippen molar-refractivity contribution in [1.82, 2.24) is 0 Å². The van der Waals surface area contributed by atoms with Gasteiger partial charge in [0.25, 0.3) is 0 Å². The predicted molar refractivity (Wildman–Crippen MR) is 242 cm³/mol. The maximum Gasteiger partial charge on any atom is 0.142 e. The molecule has 56 heavy (non-hydrogen) atoms. The van der Waals surface area contributed by atoms with Crippen molar-refractivity contribution < 1.29 is 4.42 Å². The third-order valence-electron chi connectivity index (χ3n) is 11.5. The fourth-order valence-corrected chi connectivity index (χ4v) is 8.66. The molecule has 0 bridgehead atoms. The summed E-state index contributed by atoms with van der Waals surface area (Å²) in [4.78, 5) is 0. The Morgan fingerprint density at radius 2 is 1.54 bits per heavy atom. The van der Waals surface area contributed by atoms with E-state index in [-0.39, 0.29) is 5.41 Å². The van der Waals surface area contributed by atoms with Crippen molar-refractivity contribution in [3.8, 4) is 0 Å². The van der Waals surface area contributed by atoms with E-state index >= 15 is 0 Å². The van der Waals surface area contributed by atoms with Crippen molar-refractivity contribution in [3.05, 3.63) is 219 Å². The van der Waals surface area contributed by atoms with Crippen molar-refractivity contribution >= 4 is 50.8 Å². The van der Waals surface area contributed by atoms with E-state index in [0.29, 0.717) is 0 Å². The lowest BCUT2D eigenvalue weighted by Crippen LogP contribution is -2.30. The third kappa shape index (κ3) is 7.06. The fourth-order valence-electron chi connectivity index (χ4n) is 8.66. The average molecular weight is 727 g/mol. The summed E-state index contributed by atoms with van der Waals surface area (Å²) in [5.74, 6) is 0. The van der Waals surface area contributed by atoms with Crippen molar-refractivity contribution in [2.75, 3.05) is 0 Å². The Balaban J connectivity index is 1.41. The molecule has 1 nitrogen and oxygen atoms in total. The summed E-state index contributed by atoms with van der Waals surface area (Å²) in [6.45, 7) is 18.0. The first-order valence-electron chi connectivity index (χ1n) is 19.9. The van der Waals surface area contributed by atoms with E-state index in [1.54, 1.807) is 0 Å². The number of aryl methyl sites for hydroxylation is 1. The van der Waals surface area contributed by atoms with Crippen molar-refractivity contribution in [3.63, 3.8) is 0 Å². The van der Waals surface area contributed by atoms with Crippen LogP contribution in [0.15, 0.2) is 174 Å². The number of hydrogen-bond acceptors (Lipinski definition) is 1. The summed E-state index contributed by atoms with van der Waals surface area (Å²) in [7, 11) is 0. The van der Waals surface area contributed by atoms with Gasteiger partial charge in [-0.1, -0.05) is 161 Å². The number of hydrogen-bond donors (Lipinski definition) is 0. The Bertz CT molecular complexity index is 2820. The van der Waals surface area contributed by atoms with Crippen LogP contribution in [0, 0.1) is 6.92 Å². The summed E-state index contributed by atoms with van der Waals surface area (Å²) < 4.78 is 6.76. The first kappa shape index (κ1) is 36.8. The van der Waals surface area contributed by atoms with Gasteiger partial charge in [0, 0.05) is 16.3 Å². The average Bonchev–Trinajstić information content (AvgIpc) is 3.60. The van der Waals surface area contributed by atoms with Gasteiger partial charge in [-0.05, 0) is 141 Å². The molecular weight excluding hydrogens is 677 g/mol. The predicted octanol–water partition coefficient (Wildman–Crippen LogP) is 13.3. The Labute approximate surface area is 332 Å². The van der Waals surface area contributed by atoms with E-state index in [2.05, 4.69) is 186 Å². The van der Waals surface area contributed by atoms with Gasteiger partial charge in [0.15, 0.2) is 0 Å². The van der Waals surface area contributed by atoms with E-state index in [1.165, 1.54) is 49.7 Å². The number of furan rings is 1. The van der Waals surface area contributed by atoms with Crippen LogP contribution in [0.4, 0.5) is 0 Å². The summed E-state index contributed by atoms with van der Waals surface area (Å²) in [6.07, 6.45) is 23.7. The molecule has 1 heterocycles. The van der Waals surface area contributed by atoms with Gasteiger partial charge in [-0.3, -0.25) is 0 Å². The molecule has 8 rings (SSSR count). The number of fused-ring (bicyclic) bond motifs is 7. The monoisotopic (exact) mass is 726 g/mol. The highest BCUT2D eigenvalue weighted by Crippen LogP contribution is 2.42. The molecule has 1 heteroatoms. The molecule has 0 N–H and O–H groups in total. The highest BCUT2D eigenvalue weighted by Gasteiger charge is 2.29. The van der Waals surface area contributed by atoms with Crippen LogP contribution in [0.5, 0.6) is 0 Å². The van der Waals surface area contributed by atoms with Crippen LogP contribution in [-0.4, -0.2) is 0 Å². The molecule has 0 spiro atoms. The molecule has 5 aromatic carbocycles. The van der Waals surface area contributed by atoms with Crippen LogP contribution >= 0.6 is 0 Å². The first-order chi connectivity index (χ1) is 27.3. The topological polar surface area (TPSA) is 13.1 Å². The highest BCUT2D eigenvalue weighted by molar-refractivity contribution is 6.08. The Morgan fingerprint density at radius 1 is 0.786 bits per heavy atom. The Morgan fingerprint density at radius 3 is 2.36 bits per heavy atom. The van der Waals surface area contributed by atoms with Crippen LogP contribution in [0.3, 0.4) is 0 Å². The quantitative estimate of drug-likeness (QED) is 0.156. The third-order valence-corrected chi connectivity index (χ3v) is 11.5. The van der Waals surface area contributed by atoms with E-state index in [9.17, 15) is 0 Å². The summed E-state index contributed by atoms with van der Waals surface area (Å²) in [5, 5.41) is 4.66. The zero-order valence-electron chi connectivity index (χ0n) is 33.2. The molecule has 2 aliphatic rings. The lowest BCUT2D eigenvalue weighted by molar-refractivity contribution is 0.523. The summed E-state index contributed by atoms with van der Waals surface area (Å²) >= 11 is 0. The van der Waals surface area contributed by atoms with Crippen LogP contribution in [-0.2, 0) is 11.8 Å². The maximum absolute atomic E-state index is 6.76. The standard InChI is InChI=1S/C55H50O/c1-7-19-40-33-41(29-28-37(40)3)39(8-2)32-38(4)45-21-11-9-10-12-22-46(48-24-15-14-23-47(45)48)44-35-51-42(34-43-20-13-17-26-52(43)55(5,6)36-44)30-31-50-49-25-16-18-27-53(49)56-54(50)51/h7-8,11-33,35H,2,4,9-10,34,36H2,1,3,5-6H3/b19-7-,21-11?,22-12+,39-32+,44-35?,47-45?,48-46+. The lowest BCUT2D eigenvalue weighted by Gasteiger charge is -2.29. The van der Waals surface area contributed by atoms with Gasteiger partial charge in [0.2, 0.25) is 0 Å². The van der Waals surface area contributed by atoms with Crippen LogP contribution in [0.1, 0.15) is 79.0 Å². The number of allylic oxidation sites excluding steroid dienone is 10. The SMILES string of the molecule is C=C/C(=C\C(=C)C1=c2cccc/c2=C(C2=Cc3c(ccc4c3oc3ccccc34)Cc3ccccc3C(C)(C)C2)/C=C/CCC=C1)c1ccc(C)c(/C=C\C)c1. The van der Waals surface area contributed by atoms with Gasteiger partial charge < -0.3 is 4.42 Å². The van der Waals surface area contributed by atoms with E-state index in [1.807, 2.05) is 6.08 Å². The number of rotatable bonds is 6. The van der Waals surface area contributed by atoms with Gasteiger partial charge in [-0.2, -0.15) is 0 Å². The number of benzene rings is 5. The molecule has 0 saturated heterocycles. The molecule has 276 valence electrons. The van der Waals surface area contributed by atoms with Crippen molar-refractivity contribution in [2.24, 2.45) is 0 Å². The molecule has 2 aliphatic carbocycles. The normalized spacial score (nSPS) is 17.3. The molecule has 0 unspecified atom stereocenters. The maximum atomic E-state index is 6.76. The van der Waals surface area contributed by atoms with E-state index < -0.39 is 0 Å². The largest absolute Gasteiger partial charge is 0.455 e. The molecule has 0 fully saturated rings. The zero-order chi connectivity index (χ0) is 38.8. The van der Waals surface area contributed by atoms with Crippen LogP contribution < -0.4 is 10.4 Å². The van der Waals surface area contributed by atoms with E-state index in [0.717, 1.165) is 75.1 Å². The van der Waals surface area contributed by atoms with Crippen molar-refractivity contribution in [1.29, 1.82) is 0 Å². The summed E-state index contributed by atoms with van der Waals surface area (Å²) in [5.41, 5.74) is 16.1. The highest BCUT2D eigenvalue weighted by atomic mass is 16.3. The Kier molecular flexibility index (Phi) is 10.2. The fraction of sp³-hybridized carbons (Fsp3) is 0.164. The van der Waals surface area contributed by atoms with Gasteiger partial charge >= 0.3 is 0 Å². The molecule has 6 aromatic rings. The second-order valence-corrected chi connectivity index (χ2v) is 15.8. The molecule has 0 atom stereocenters. The molecule has 0 amide bonds. The van der Waals surface area contributed by atoms with Gasteiger partial charge in [0.05, 0.1) is 0 Å². The lowest BCUT2D eigenvalue weighted by atomic mass is 9.75. The van der Waals surface area contributed by atoms with Gasteiger partial charge in [0.1, 0.15) is 11.2 Å². The molecule has 0 saturated carbocycles. The van der Waals surface area contributed by atoms with Gasteiger partial charge in [-0.25, -0.2) is 0 Å². The minimum absolute atomic E-state index is 0.139. The smallest absolute Gasteiger partial charge is 0.142 e. The van der Waals surface area contributed by atoms with Crippen LogP contribution in [0.2, 0.25) is 0 Å². The first-order valence-corrected chi connectivity index (χ1v) is 19.9. The molecular formula is C55H50O. The minimum Gasteiger partial charge on any atom is -0.455 e. The summed E-state index contributed by atoms with van der Waals surface area (Å²) in [6, 6.07) is 37.5. The minimum atomic E-state index is -0.139. The molecule has 0 radical (unpaired) electrons. The number of para-hydroxylation sites is 1. The van der Waals surface area contributed by atoms with Gasteiger partial charge in [-0.15, -0.1) is 0 Å². The van der Waals surface area contributed by atoms with Crippen LogP contribution in [0.25, 0.3) is 50.8 Å². The zero-order valence-corrected chi connectivity index (χ0v) is 33.2. The molecule has 1 aromatic heterocycles. The second kappa shape index (κ2) is 15.5. The second-order valence-electron chi connectivity index (χ2n) is 15.8. The van der Waals surface area contributed by atoms with E-state index in [4.69, 9.17) is 11.0 Å². The Hall–Kier alpha value is -6.18. The molecule has 0 aliphatic heterocycles.